The molecular formula is C24H18N2O2S. The van der Waals surface area contributed by atoms with Crippen LogP contribution in [-0.4, -0.2) is 9.38 Å². The molecule has 0 N–H and O–H groups in total. The Kier molecular flexibility index (Phi) is 4.37. The lowest BCUT2D eigenvalue weighted by Gasteiger charge is -2.10. The van der Waals surface area contributed by atoms with E-state index in [1.54, 1.807) is 4.40 Å². The third-order valence-electron chi connectivity index (χ3n) is 5.00. The van der Waals surface area contributed by atoms with Crippen molar-refractivity contribution in [2.24, 2.45) is 0 Å². The number of ether oxygens (including phenoxy) is 1. The molecule has 0 aliphatic rings. The molecule has 0 unspecified atom stereocenters. The van der Waals surface area contributed by atoms with Crippen LogP contribution in [0.5, 0.6) is 5.75 Å². The number of nitrogens with zero attached hydrogens (tertiary/aromatic N) is 2. The third kappa shape index (κ3) is 3.19. The van der Waals surface area contributed by atoms with Crippen LogP contribution in [0.2, 0.25) is 0 Å². The number of rotatable bonds is 4. The molecule has 0 bridgehead atoms. The number of para-hydroxylation sites is 3. The van der Waals surface area contributed by atoms with Gasteiger partial charge in [-0.25, -0.2) is 9.38 Å². The van der Waals surface area contributed by atoms with E-state index in [0.717, 1.165) is 27.9 Å². The standard InChI is InChI=1S/C24H18N2O2S/c1-16-8-2-3-10-18(16)15-28-21-13-7-4-9-17(21)14-22-23(27)26-20-12-6-5-11-19(20)25-24(26)29-22/h2-14H,15H2,1H3/b22-14+. The van der Waals surface area contributed by atoms with E-state index < -0.39 is 0 Å². The number of imidazole rings is 1. The van der Waals surface area contributed by atoms with Crippen molar-refractivity contribution in [3.05, 3.63) is 104 Å². The summed E-state index contributed by atoms with van der Waals surface area (Å²) in [6, 6.07) is 23.7. The van der Waals surface area contributed by atoms with Crippen molar-refractivity contribution in [2.45, 2.75) is 13.5 Å². The molecule has 0 amide bonds. The summed E-state index contributed by atoms with van der Waals surface area (Å²) in [6.45, 7) is 2.56. The average molecular weight is 398 g/mol. The van der Waals surface area contributed by atoms with E-state index in [0.29, 0.717) is 16.1 Å². The monoisotopic (exact) mass is 398 g/mol. The first-order valence-corrected chi connectivity index (χ1v) is 10.2. The van der Waals surface area contributed by atoms with E-state index >= 15 is 0 Å². The van der Waals surface area contributed by atoms with Gasteiger partial charge in [0.25, 0.3) is 5.56 Å². The van der Waals surface area contributed by atoms with Gasteiger partial charge in [-0.3, -0.25) is 4.79 Å². The summed E-state index contributed by atoms with van der Waals surface area (Å²) >= 11 is 1.40. The van der Waals surface area contributed by atoms with E-state index in [1.165, 1.54) is 16.9 Å². The molecule has 2 heterocycles. The highest BCUT2D eigenvalue weighted by molar-refractivity contribution is 7.15. The lowest BCUT2D eigenvalue weighted by atomic mass is 10.1. The Morgan fingerprint density at radius 2 is 1.76 bits per heavy atom. The molecule has 5 aromatic rings. The number of benzene rings is 3. The second kappa shape index (κ2) is 7.18. The first-order chi connectivity index (χ1) is 14.2. The lowest BCUT2D eigenvalue weighted by Crippen LogP contribution is -2.22. The fraction of sp³-hybridized carbons (Fsp3) is 0.0833. The predicted octanol–water partition coefficient (Wildman–Crippen LogP) is 4.34. The van der Waals surface area contributed by atoms with Crippen LogP contribution in [0.4, 0.5) is 0 Å². The zero-order chi connectivity index (χ0) is 19.8. The van der Waals surface area contributed by atoms with Gasteiger partial charge in [-0.15, -0.1) is 0 Å². The van der Waals surface area contributed by atoms with Crippen LogP contribution >= 0.6 is 11.3 Å². The Morgan fingerprint density at radius 1 is 1.00 bits per heavy atom. The van der Waals surface area contributed by atoms with Gasteiger partial charge in [0.05, 0.1) is 15.6 Å². The lowest BCUT2D eigenvalue weighted by molar-refractivity contribution is 0.305. The molecule has 0 radical (unpaired) electrons. The molecule has 0 fully saturated rings. The van der Waals surface area contributed by atoms with Crippen LogP contribution in [0.3, 0.4) is 0 Å². The van der Waals surface area contributed by atoms with Crippen molar-refractivity contribution in [1.29, 1.82) is 0 Å². The van der Waals surface area contributed by atoms with Gasteiger partial charge in [0, 0.05) is 5.56 Å². The molecule has 0 aliphatic heterocycles. The van der Waals surface area contributed by atoms with Gasteiger partial charge < -0.3 is 4.74 Å². The normalized spacial score (nSPS) is 12.1. The van der Waals surface area contributed by atoms with Crippen molar-refractivity contribution in [3.63, 3.8) is 0 Å². The zero-order valence-electron chi connectivity index (χ0n) is 15.8. The Labute approximate surface area is 171 Å². The molecule has 5 heteroatoms. The predicted molar refractivity (Wildman–Crippen MR) is 118 cm³/mol. The van der Waals surface area contributed by atoms with Crippen LogP contribution in [0, 0.1) is 6.92 Å². The van der Waals surface area contributed by atoms with E-state index in [-0.39, 0.29) is 5.56 Å². The Morgan fingerprint density at radius 3 is 2.66 bits per heavy atom. The Balaban J connectivity index is 1.55. The highest BCUT2D eigenvalue weighted by Gasteiger charge is 2.11. The second-order valence-corrected chi connectivity index (χ2v) is 7.90. The molecule has 0 spiro atoms. The van der Waals surface area contributed by atoms with Crippen molar-refractivity contribution in [2.75, 3.05) is 0 Å². The summed E-state index contributed by atoms with van der Waals surface area (Å²) in [5.41, 5.74) is 4.85. The van der Waals surface area contributed by atoms with E-state index in [9.17, 15) is 4.79 Å². The van der Waals surface area contributed by atoms with Gasteiger partial charge in [-0.1, -0.05) is 65.9 Å². The van der Waals surface area contributed by atoms with Crippen molar-refractivity contribution < 1.29 is 4.74 Å². The molecule has 0 saturated carbocycles. The average Bonchev–Trinajstić information content (AvgIpc) is 3.25. The minimum atomic E-state index is -0.0487. The van der Waals surface area contributed by atoms with Crippen molar-refractivity contribution in [1.82, 2.24) is 9.38 Å². The molecule has 142 valence electrons. The van der Waals surface area contributed by atoms with Gasteiger partial charge in [0.15, 0.2) is 4.96 Å². The second-order valence-electron chi connectivity index (χ2n) is 6.89. The fourth-order valence-electron chi connectivity index (χ4n) is 3.41. The van der Waals surface area contributed by atoms with E-state index in [2.05, 4.69) is 24.0 Å². The summed E-state index contributed by atoms with van der Waals surface area (Å²) in [6.07, 6.45) is 1.89. The van der Waals surface area contributed by atoms with Gasteiger partial charge in [-0.05, 0) is 42.3 Å². The topological polar surface area (TPSA) is 43.6 Å². The summed E-state index contributed by atoms with van der Waals surface area (Å²) in [5.74, 6) is 0.756. The number of hydrogen-bond acceptors (Lipinski definition) is 4. The van der Waals surface area contributed by atoms with Crippen molar-refractivity contribution >= 4 is 33.4 Å². The summed E-state index contributed by atoms with van der Waals surface area (Å²) in [4.78, 5) is 18.3. The molecule has 4 nitrogen and oxygen atoms in total. The molecule has 5 rings (SSSR count). The smallest absolute Gasteiger partial charge is 0.274 e. The van der Waals surface area contributed by atoms with E-state index in [4.69, 9.17) is 4.74 Å². The minimum absolute atomic E-state index is 0.0487. The highest BCUT2D eigenvalue weighted by Crippen LogP contribution is 2.21. The number of fused-ring (bicyclic) bond motifs is 3. The number of aromatic nitrogens is 2. The molecular weight excluding hydrogens is 380 g/mol. The first kappa shape index (κ1) is 17.6. The Hall–Kier alpha value is -3.44. The number of aryl methyl sites for hydroxylation is 1. The van der Waals surface area contributed by atoms with Crippen LogP contribution < -0.4 is 14.8 Å². The number of thiazole rings is 1. The van der Waals surface area contributed by atoms with Gasteiger partial charge in [0.1, 0.15) is 12.4 Å². The van der Waals surface area contributed by atoms with Crippen LogP contribution in [0.15, 0.2) is 77.6 Å². The van der Waals surface area contributed by atoms with Crippen LogP contribution in [0.25, 0.3) is 22.1 Å². The van der Waals surface area contributed by atoms with E-state index in [1.807, 2.05) is 66.7 Å². The van der Waals surface area contributed by atoms with Crippen LogP contribution in [-0.2, 0) is 6.61 Å². The molecule has 0 atom stereocenters. The van der Waals surface area contributed by atoms with Crippen molar-refractivity contribution in [3.8, 4) is 5.75 Å². The molecule has 3 aromatic carbocycles. The van der Waals surface area contributed by atoms with Gasteiger partial charge in [-0.2, -0.15) is 0 Å². The molecule has 2 aromatic heterocycles. The fourth-order valence-corrected chi connectivity index (χ4v) is 4.39. The largest absolute Gasteiger partial charge is 0.488 e. The zero-order valence-corrected chi connectivity index (χ0v) is 16.6. The first-order valence-electron chi connectivity index (χ1n) is 9.39. The summed E-state index contributed by atoms with van der Waals surface area (Å²) in [5, 5.41) is 0. The number of hydrogen-bond donors (Lipinski definition) is 0. The maximum Gasteiger partial charge on any atom is 0.274 e. The summed E-state index contributed by atoms with van der Waals surface area (Å²) < 4.78 is 8.42. The maximum atomic E-state index is 13.0. The minimum Gasteiger partial charge on any atom is -0.488 e. The molecule has 0 aliphatic carbocycles. The SMILES string of the molecule is Cc1ccccc1COc1ccccc1/C=c1/sc2nc3ccccc3n2c1=O. The molecule has 0 saturated heterocycles. The molecule has 29 heavy (non-hydrogen) atoms. The van der Waals surface area contributed by atoms with Crippen LogP contribution in [0.1, 0.15) is 16.7 Å². The van der Waals surface area contributed by atoms with Gasteiger partial charge in [0.2, 0.25) is 0 Å². The Bertz CT molecular complexity index is 1450. The quantitative estimate of drug-likeness (QED) is 0.452. The van der Waals surface area contributed by atoms with Gasteiger partial charge >= 0.3 is 0 Å². The highest BCUT2D eigenvalue weighted by atomic mass is 32.1. The maximum absolute atomic E-state index is 13.0. The summed E-state index contributed by atoms with van der Waals surface area (Å²) in [7, 11) is 0. The third-order valence-corrected chi connectivity index (χ3v) is 5.96.